The zero-order chi connectivity index (χ0) is 20.1. The van der Waals surface area contributed by atoms with Crippen LogP contribution in [0.15, 0.2) is 69.8 Å². The van der Waals surface area contributed by atoms with E-state index in [4.69, 9.17) is 9.15 Å². The molecule has 142 valence electrons. The van der Waals surface area contributed by atoms with Crippen molar-refractivity contribution in [1.29, 1.82) is 0 Å². The summed E-state index contributed by atoms with van der Waals surface area (Å²) in [4.78, 5) is 35.9. The van der Waals surface area contributed by atoms with Crippen LogP contribution in [0.1, 0.15) is 27.8 Å². The summed E-state index contributed by atoms with van der Waals surface area (Å²) in [5.74, 6) is -0.955. The second-order valence-electron chi connectivity index (χ2n) is 5.68. The average Bonchev–Trinajstić information content (AvgIpc) is 3.09. The number of ether oxygens (including phenoxy) is 1. The number of anilines is 2. The number of hydrogen-bond donors (Lipinski definition) is 2. The van der Waals surface area contributed by atoms with E-state index in [1.54, 1.807) is 48.5 Å². The summed E-state index contributed by atoms with van der Waals surface area (Å²) < 4.78 is 10.7. The Morgan fingerprint density at radius 1 is 0.893 bits per heavy atom. The summed E-state index contributed by atoms with van der Waals surface area (Å²) in [5, 5.41) is 5.43. The maximum absolute atomic E-state index is 12.6. The molecule has 1 aromatic heterocycles. The van der Waals surface area contributed by atoms with Crippen LogP contribution in [0, 0.1) is 0 Å². The first-order chi connectivity index (χ1) is 13.4. The normalized spacial score (nSPS) is 10.2. The topological polar surface area (TPSA) is 97.6 Å². The van der Waals surface area contributed by atoms with Gasteiger partial charge < -0.3 is 19.8 Å². The molecule has 0 aliphatic rings. The van der Waals surface area contributed by atoms with Crippen molar-refractivity contribution in [2.75, 3.05) is 10.6 Å². The van der Waals surface area contributed by atoms with E-state index >= 15 is 0 Å². The number of esters is 1. The number of para-hydroxylation sites is 2. The quantitative estimate of drug-likeness (QED) is 0.448. The Kier molecular flexibility index (Phi) is 5.90. The Labute approximate surface area is 168 Å². The molecule has 0 bridgehead atoms. The third-order valence-electron chi connectivity index (χ3n) is 3.58. The molecule has 2 N–H and O–H groups in total. The number of carbonyl (C=O) groups is 3. The van der Waals surface area contributed by atoms with Gasteiger partial charge in [-0.2, -0.15) is 0 Å². The van der Waals surface area contributed by atoms with Gasteiger partial charge in [0.15, 0.2) is 10.4 Å². The highest BCUT2D eigenvalue weighted by Crippen LogP contribution is 2.24. The summed E-state index contributed by atoms with van der Waals surface area (Å²) in [7, 11) is 0. The lowest BCUT2D eigenvalue weighted by Gasteiger charge is -2.12. The predicted octanol–water partition coefficient (Wildman–Crippen LogP) is 4.47. The van der Waals surface area contributed by atoms with Gasteiger partial charge in [0, 0.05) is 12.5 Å². The number of benzene rings is 2. The molecule has 0 spiro atoms. The third-order valence-corrected chi connectivity index (χ3v) is 4.00. The van der Waals surface area contributed by atoms with Gasteiger partial charge in [-0.3, -0.25) is 14.4 Å². The lowest BCUT2D eigenvalue weighted by molar-refractivity contribution is -0.131. The highest BCUT2D eigenvalue weighted by molar-refractivity contribution is 9.10. The number of hydrogen-bond acceptors (Lipinski definition) is 5. The second kappa shape index (κ2) is 8.53. The number of rotatable bonds is 5. The van der Waals surface area contributed by atoms with Gasteiger partial charge >= 0.3 is 5.97 Å². The molecule has 0 unspecified atom stereocenters. The van der Waals surface area contributed by atoms with E-state index in [1.165, 1.54) is 19.1 Å². The van der Waals surface area contributed by atoms with E-state index in [0.717, 1.165) is 0 Å². The molecule has 28 heavy (non-hydrogen) atoms. The van der Waals surface area contributed by atoms with Crippen molar-refractivity contribution in [2.45, 2.75) is 6.92 Å². The van der Waals surface area contributed by atoms with Crippen LogP contribution in [0.5, 0.6) is 5.75 Å². The Morgan fingerprint density at radius 3 is 2.18 bits per heavy atom. The van der Waals surface area contributed by atoms with Crippen LogP contribution >= 0.6 is 15.9 Å². The molecule has 3 rings (SSSR count). The van der Waals surface area contributed by atoms with E-state index in [9.17, 15) is 14.4 Å². The smallest absolute Gasteiger partial charge is 0.308 e. The first kappa shape index (κ1) is 19.4. The summed E-state index contributed by atoms with van der Waals surface area (Å²) >= 11 is 3.14. The molecule has 0 atom stereocenters. The molecule has 8 heteroatoms. The molecule has 0 saturated carbocycles. The third kappa shape index (κ3) is 4.86. The largest absolute Gasteiger partial charge is 0.444 e. The van der Waals surface area contributed by atoms with Crippen LogP contribution in [0.3, 0.4) is 0 Å². The van der Waals surface area contributed by atoms with E-state index in [-0.39, 0.29) is 11.5 Å². The average molecular weight is 443 g/mol. The van der Waals surface area contributed by atoms with Crippen LogP contribution in [0.25, 0.3) is 0 Å². The SMILES string of the molecule is CC(=O)Oc1cccc(C(=O)Nc2ccccc2NC(=O)c2ccc(Br)o2)c1. The second-order valence-corrected chi connectivity index (χ2v) is 6.46. The number of furan rings is 1. The number of halogens is 1. The lowest BCUT2D eigenvalue weighted by Crippen LogP contribution is -2.16. The molecular weight excluding hydrogens is 428 g/mol. The molecule has 7 nitrogen and oxygen atoms in total. The maximum atomic E-state index is 12.6. The first-order valence-corrected chi connectivity index (χ1v) is 8.97. The van der Waals surface area contributed by atoms with Crippen molar-refractivity contribution in [2.24, 2.45) is 0 Å². The maximum Gasteiger partial charge on any atom is 0.308 e. The Morgan fingerprint density at radius 2 is 1.57 bits per heavy atom. The van der Waals surface area contributed by atoms with Gasteiger partial charge in [-0.15, -0.1) is 0 Å². The number of carbonyl (C=O) groups excluding carboxylic acids is 3. The highest BCUT2D eigenvalue weighted by atomic mass is 79.9. The van der Waals surface area contributed by atoms with Crippen molar-refractivity contribution in [3.8, 4) is 5.75 Å². The van der Waals surface area contributed by atoms with Crippen LogP contribution in [0.4, 0.5) is 11.4 Å². The van der Waals surface area contributed by atoms with Gasteiger partial charge in [-0.1, -0.05) is 18.2 Å². The minimum Gasteiger partial charge on any atom is -0.444 e. The molecule has 0 saturated heterocycles. The van der Waals surface area contributed by atoms with Crippen LogP contribution in [-0.4, -0.2) is 17.8 Å². The molecule has 0 aliphatic heterocycles. The fourth-order valence-electron chi connectivity index (χ4n) is 2.38. The van der Waals surface area contributed by atoms with Gasteiger partial charge in [-0.25, -0.2) is 0 Å². The van der Waals surface area contributed by atoms with Gasteiger partial charge in [-0.05, 0) is 58.4 Å². The molecule has 2 aromatic carbocycles. The van der Waals surface area contributed by atoms with E-state index in [1.807, 2.05) is 0 Å². The highest BCUT2D eigenvalue weighted by Gasteiger charge is 2.15. The van der Waals surface area contributed by atoms with Crippen LogP contribution in [0.2, 0.25) is 0 Å². The zero-order valence-corrected chi connectivity index (χ0v) is 16.3. The minimum atomic E-state index is -0.477. The Balaban J connectivity index is 1.77. The standard InChI is InChI=1S/C20H15BrN2O5/c1-12(24)27-14-6-4-5-13(11-14)19(25)22-15-7-2-3-8-16(15)23-20(26)17-9-10-18(21)28-17/h2-11H,1H3,(H,22,25)(H,23,26). The van der Waals surface area contributed by atoms with Crippen molar-refractivity contribution in [3.05, 3.63) is 76.7 Å². The fraction of sp³-hybridized carbons (Fsp3) is 0.0500. The van der Waals surface area contributed by atoms with E-state index in [2.05, 4.69) is 26.6 Å². The fourth-order valence-corrected chi connectivity index (χ4v) is 2.69. The Hall–Kier alpha value is -3.39. The van der Waals surface area contributed by atoms with Gasteiger partial charge in [0.2, 0.25) is 0 Å². The molecule has 0 fully saturated rings. The van der Waals surface area contributed by atoms with Gasteiger partial charge in [0.25, 0.3) is 11.8 Å². The summed E-state index contributed by atoms with van der Waals surface area (Å²) in [6.45, 7) is 1.28. The lowest BCUT2D eigenvalue weighted by atomic mass is 10.2. The predicted molar refractivity (Wildman–Crippen MR) is 107 cm³/mol. The zero-order valence-electron chi connectivity index (χ0n) is 14.7. The molecule has 1 heterocycles. The summed E-state index contributed by atoms with van der Waals surface area (Å²) in [5.41, 5.74) is 1.11. The van der Waals surface area contributed by atoms with Crippen molar-refractivity contribution >= 4 is 45.1 Å². The van der Waals surface area contributed by atoms with Crippen molar-refractivity contribution in [1.82, 2.24) is 0 Å². The monoisotopic (exact) mass is 442 g/mol. The first-order valence-electron chi connectivity index (χ1n) is 8.18. The van der Waals surface area contributed by atoms with Gasteiger partial charge in [0.05, 0.1) is 11.4 Å². The molecule has 2 amide bonds. The number of nitrogens with one attached hydrogen (secondary N) is 2. The summed E-state index contributed by atoms with van der Waals surface area (Å²) in [6, 6.07) is 16.1. The number of amides is 2. The van der Waals surface area contributed by atoms with Crippen molar-refractivity contribution in [3.63, 3.8) is 0 Å². The van der Waals surface area contributed by atoms with Crippen LogP contribution < -0.4 is 15.4 Å². The van der Waals surface area contributed by atoms with Crippen molar-refractivity contribution < 1.29 is 23.5 Å². The van der Waals surface area contributed by atoms with E-state index in [0.29, 0.717) is 21.6 Å². The molecule has 3 aromatic rings. The molecule has 0 aliphatic carbocycles. The Bertz CT molecular complexity index is 1040. The molecular formula is C20H15BrN2O5. The van der Waals surface area contributed by atoms with Crippen LogP contribution in [-0.2, 0) is 4.79 Å². The minimum absolute atomic E-state index is 0.127. The molecule has 0 radical (unpaired) electrons. The van der Waals surface area contributed by atoms with Gasteiger partial charge in [0.1, 0.15) is 5.75 Å². The van der Waals surface area contributed by atoms with E-state index < -0.39 is 17.8 Å². The summed E-state index contributed by atoms with van der Waals surface area (Å²) in [6.07, 6.45) is 0.